The van der Waals surface area contributed by atoms with Gasteiger partial charge in [-0.15, -0.1) is 13.2 Å². The van der Waals surface area contributed by atoms with E-state index in [9.17, 15) is 39.2 Å². The average Bonchev–Trinajstić information content (AvgIpc) is 1.77. The van der Waals surface area contributed by atoms with Crippen molar-refractivity contribution in [3.05, 3.63) is 0 Å². The second-order valence-corrected chi connectivity index (χ2v) is 3.53. The molecule has 0 aliphatic rings. The van der Waals surface area contributed by atoms with Gasteiger partial charge in [0.2, 0.25) is 0 Å². The zero-order valence-corrected chi connectivity index (χ0v) is 7.04. The number of alkyl halides is 7. The van der Waals surface area contributed by atoms with E-state index in [2.05, 4.69) is 0 Å². The molecule has 16 heavy (non-hydrogen) atoms. The minimum atomic E-state index is -6.79. The maximum atomic E-state index is 12.4. The summed E-state index contributed by atoms with van der Waals surface area (Å²) in [6.45, 7) is 0. The van der Waals surface area contributed by atoms with Crippen LogP contribution in [0, 0.1) is 0 Å². The van der Waals surface area contributed by atoms with Crippen LogP contribution in [-0.4, -0.2) is 49.6 Å². The van der Waals surface area contributed by atoms with Crippen molar-refractivity contribution in [3.8, 4) is 0 Å². The third-order valence-corrected chi connectivity index (χ3v) is 1.90. The molecule has 0 bridgehead atoms. The maximum absolute atomic E-state index is 12.4. The van der Waals surface area contributed by atoms with Gasteiger partial charge in [0.25, 0.3) is 0 Å². The second-order valence-electron chi connectivity index (χ2n) is 2.06. The monoisotopic (exact) mass is 274 g/mol. The van der Waals surface area contributed by atoms with Gasteiger partial charge in [0.05, 0.1) is 0 Å². The molecule has 0 heterocycles. The van der Waals surface area contributed by atoms with Crippen LogP contribution in [0.4, 0.5) is 30.7 Å². The number of hydrogen-bond acceptors (Lipinski definition) is 3. The van der Waals surface area contributed by atoms with Crippen molar-refractivity contribution < 1.29 is 48.4 Å². The Labute approximate surface area is 95.7 Å². The Morgan fingerprint density at radius 1 is 0.938 bits per heavy atom. The van der Waals surface area contributed by atoms with Gasteiger partial charge >= 0.3 is 46.7 Å². The Hall–Kier alpha value is -0.0226. The molecule has 0 aliphatic heterocycles. The van der Waals surface area contributed by atoms with Gasteiger partial charge in [-0.25, -0.2) is 4.74 Å². The topological polar surface area (TPSA) is 63.6 Å². The van der Waals surface area contributed by atoms with E-state index < -0.39 is 27.8 Å². The molecule has 0 aromatic heterocycles. The van der Waals surface area contributed by atoms with Crippen molar-refractivity contribution in [2.45, 2.75) is 17.7 Å². The van der Waals surface area contributed by atoms with Crippen LogP contribution in [0.2, 0.25) is 0 Å². The van der Waals surface area contributed by atoms with Crippen molar-refractivity contribution in [1.29, 1.82) is 0 Å². The fourth-order valence-electron chi connectivity index (χ4n) is 0.406. The fraction of sp³-hybridized carbons (Fsp3) is 1.00. The molecular formula is C3H2F7LiO4S. The summed E-state index contributed by atoms with van der Waals surface area (Å²) in [7, 11) is -6.79. The van der Waals surface area contributed by atoms with Crippen molar-refractivity contribution in [2.75, 3.05) is 0 Å². The zero-order valence-electron chi connectivity index (χ0n) is 6.23. The van der Waals surface area contributed by atoms with Crippen LogP contribution in [0.5, 0.6) is 0 Å². The van der Waals surface area contributed by atoms with Gasteiger partial charge in [0.15, 0.2) is 0 Å². The molecule has 94 valence electrons. The summed E-state index contributed by atoms with van der Waals surface area (Å²) >= 11 is 0. The van der Waals surface area contributed by atoms with E-state index in [4.69, 9.17) is 4.55 Å². The summed E-state index contributed by atoms with van der Waals surface area (Å²) in [5.74, 6) is 0. The fourth-order valence-corrected chi connectivity index (χ4v) is 0.898. The molecule has 1 unspecified atom stereocenters. The Bertz CT molecular complexity index is 333. The predicted octanol–water partition coefficient (Wildman–Crippen LogP) is 0.948. The van der Waals surface area contributed by atoms with E-state index in [1.165, 1.54) is 0 Å². The molecule has 13 heteroatoms. The summed E-state index contributed by atoms with van der Waals surface area (Å²) in [5.41, 5.74) is 0. The molecule has 1 N–H and O–H groups in total. The molecule has 0 saturated heterocycles. The van der Waals surface area contributed by atoms with Gasteiger partial charge in [0.1, 0.15) is 0 Å². The first-order valence-corrected chi connectivity index (χ1v) is 4.14. The summed E-state index contributed by atoms with van der Waals surface area (Å²) in [5, 5.41) is -6.24. The molecule has 0 saturated carbocycles. The molecular weight excluding hydrogens is 272 g/mol. The molecule has 0 amide bonds. The van der Waals surface area contributed by atoms with Gasteiger partial charge in [-0.3, -0.25) is 4.55 Å². The van der Waals surface area contributed by atoms with E-state index >= 15 is 0 Å². The third kappa shape index (κ3) is 4.09. The number of halogens is 7. The molecule has 0 aromatic carbocycles. The standard InChI is InChI=1S/C3HF7O4S.Li.H/c4-1(5,6)2(7,15(11,12)13)14-3(8,9)10;;/h(H,11,12,13);;. The van der Waals surface area contributed by atoms with Crippen molar-refractivity contribution in [1.82, 2.24) is 0 Å². The Balaban J connectivity index is 0. The molecule has 0 radical (unpaired) electrons. The van der Waals surface area contributed by atoms with Crippen LogP contribution in [0.15, 0.2) is 0 Å². The zero-order chi connectivity index (χ0) is 12.7. The van der Waals surface area contributed by atoms with E-state index in [-0.39, 0.29) is 18.9 Å². The average molecular weight is 274 g/mol. The first-order chi connectivity index (χ1) is 6.21. The van der Waals surface area contributed by atoms with Gasteiger partial charge in [0, 0.05) is 0 Å². The van der Waals surface area contributed by atoms with Crippen LogP contribution < -0.4 is 0 Å². The molecule has 0 rings (SSSR count). The SMILES string of the molecule is O=S(=O)(O)C(F)(OC(F)(F)F)C(F)(F)F.[LiH]. The molecule has 4 nitrogen and oxygen atoms in total. The first-order valence-electron chi connectivity index (χ1n) is 2.70. The van der Waals surface area contributed by atoms with E-state index in [1.54, 1.807) is 4.74 Å². The number of ether oxygens (including phenoxy) is 1. The van der Waals surface area contributed by atoms with Crippen molar-refractivity contribution >= 4 is 29.0 Å². The Morgan fingerprint density at radius 3 is 1.31 bits per heavy atom. The Morgan fingerprint density at radius 2 is 1.25 bits per heavy atom. The number of rotatable bonds is 2. The van der Waals surface area contributed by atoms with Crippen molar-refractivity contribution in [2.24, 2.45) is 0 Å². The van der Waals surface area contributed by atoms with Crippen LogP contribution >= 0.6 is 0 Å². The van der Waals surface area contributed by atoms with Gasteiger partial charge in [-0.1, -0.05) is 0 Å². The molecule has 0 aliphatic carbocycles. The molecule has 1 atom stereocenters. The van der Waals surface area contributed by atoms with Gasteiger partial charge in [-0.2, -0.15) is 26.0 Å². The summed E-state index contributed by atoms with van der Waals surface area (Å²) < 4.78 is 110. The predicted molar refractivity (Wildman–Crippen MR) is 35.7 cm³/mol. The van der Waals surface area contributed by atoms with Crippen LogP contribution in [0.3, 0.4) is 0 Å². The van der Waals surface area contributed by atoms with Gasteiger partial charge < -0.3 is 0 Å². The van der Waals surface area contributed by atoms with Crippen LogP contribution in [0.25, 0.3) is 0 Å². The number of hydrogen-bond donors (Lipinski definition) is 1. The third-order valence-electron chi connectivity index (χ3n) is 0.917. The van der Waals surface area contributed by atoms with Crippen molar-refractivity contribution in [3.63, 3.8) is 0 Å². The first kappa shape index (κ1) is 18.3. The van der Waals surface area contributed by atoms with E-state index in [0.29, 0.717) is 0 Å². The quantitative estimate of drug-likeness (QED) is 0.462. The van der Waals surface area contributed by atoms with Gasteiger partial charge in [-0.05, 0) is 0 Å². The second kappa shape index (κ2) is 4.69. The summed E-state index contributed by atoms with van der Waals surface area (Å²) in [6.07, 6.45) is -12.8. The summed E-state index contributed by atoms with van der Waals surface area (Å²) in [6, 6.07) is 0. The van der Waals surface area contributed by atoms with Crippen LogP contribution in [-0.2, 0) is 14.9 Å². The molecule has 0 spiro atoms. The van der Waals surface area contributed by atoms with E-state index in [0.717, 1.165) is 0 Å². The summed E-state index contributed by atoms with van der Waals surface area (Å²) in [4.78, 5) is 0. The van der Waals surface area contributed by atoms with Crippen LogP contribution in [0.1, 0.15) is 0 Å². The molecule has 0 fully saturated rings. The molecule has 0 aromatic rings. The van der Waals surface area contributed by atoms with E-state index in [1.807, 2.05) is 0 Å². The normalized spacial score (nSPS) is 17.5. The Kier molecular flexibility index (Phi) is 5.38. The minimum absolute atomic E-state index is 0.